The minimum absolute atomic E-state index is 0.172. The van der Waals surface area contributed by atoms with Crippen molar-refractivity contribution in [2.45, 2.75) is 78.4 Å². The molecule has 0 rings (SSSR count). The Balaban J connectivity index is 3.21. The summed E-state index contributed by atoms with van der Waals surface area (Å²) in [7, 11) is 0. The van der Waals surface area contributed by atoms with E-state index < -0.39 is 0 Å². The molecule has 0 aliphatic rings. The number of hydrogen-bond donors (Lipinski definition) is 2. The Morgan fingerprint density at radius 2 is 1.55 bits per heavy atom. The number of unbranched alkanes of at least 4 members (excludes halogenated alkanes) is 5. The van der Waals surface area contributed by atoms with Crippen LogP contribution in [0.3, 0.4) is 0 Å². The lowest BCUT2D eigenvalue weighted by Gasteiger charge is -2.14. The predicted octanol–water partition coefficient (Wildman–Crippen LogP) is 3.99. The number of ether oxygens (including phenoxy) is 2. The van der Waals surface area contributed by atoms with Gasteiger partial charge >= 0.3 is 0 Å². The van der Waals surface area contributed by atoms with Crippen LogP contribution in [0.1, 0.15) is 72.1 Å². The van der Waals surface area contributed by atoms with E-state index in [0.717, 1.165) is 52.0 Å². The third kappa shape index (κ3) is 16.0. The SMILES string of the molecule is CCCCOC(=S)NCCCCCCN[C@@H](C)OCCCC. The molecule has 132 valence electrons. The largest absolute Gasteiger partial charge is 0.471 e. The molecular weight excluding hydrogens is 296 g/mol. The highest BCUT2D eigenvalue weighted by Gasteiger charge is 2.00. The number of nitrogens with one attached hydrogen (secondary N) is 2. The molecule has 0 fully saturated rings. The second kappa shape index (κ2) is 17.0. The van der Waals surface area contributed by atoms with Crippen LogP contribution < -0.4 is 10.6 Å². The first-order chi connectivity index (χ1) is 10.7. The molecule has 0 aromatic rings. The lowest BCUT2D eigenvalue weighted by atomic mass is 10.2. The van der Waals surface area contributed by atoms with Gasteiger partial charge in [-0.3, -0.25) is 5.32 Å². The molecule has 0 aromatic heterocycles. The molecule has 0 aliphatic heterocycles. The Bertz CT molecular complexity index is 253. The van der Waals surface area contributed by atoms with Crippen molar-refractivity contribution < 1.29 is 9.47 Å². The van der Waals surface area contributed by atoms with E-state index in [2.05, 4.69) is 31.4 Å². The molecule has 0 heterocycles. The number of hydrogen-bond acceptors (Lipinski definition) is 4. The zero-order valence-electron chi connectivity index (χ0n) is 14.8. The van der Waals surface area contributed by atoms with Gasteiger partial charge in [-0.1, -0.05) is 39.5 Å². The minimum Gasteiger partial charge on any atom is -0.471 e. The van der Waals surface area contributed by atoms with Gasteiger partial charge in [0.15, 0.2) is 0 Å². The van der Waals surface area contributed by atoms with Crippen molar-refractivity contribution in [2.24, 2.45) is 0 Å². The van der Waals surface area contributed by atoms with Crippen LogP contribution in [0.5, 0.6) is 0 Å². The maximum atomic E-state index is 5.64. The van der Waals surface area contributed by atoms with Gasteiger partial charge in [-0.05, 0) is 51.4 Å². The molecule has 22 heavy (non-hydrogen) atoms. The summed E-state index contributed by atoms with van der Waals surface area (Å²) in [5.74, 6) is 0. The molecule has 0 spiro atoms. The minimum atomic E-state index is 0.172. The standard InChI is InChI=1S/C17H36N2O2S/c1-4-6-14-20-16(3)18-12-10-8-9-11-13-19-17(22)21-15-7-5-2/h16,18H,4-15H2,1-3H3,(H,19,22)/t16-/m1/s1. The molecule has 5 heteroatoms. The second-order valence-corrected chi connectivity index (χ2v) is 6.02. The van der Waals surface area contributed by atoms with Crippen molar-refractivity contribution in [3.8, 4) is 0 Å². The first kappa shape index (κ1) is 21.6. The third-order valence-corrected chi connectivity index (χ3v) is 3.66. The van der Waals surface area contributed by atoms with Gasteiger partial charge < -0.3 is 14.8 Å². The van der Waals surface area contributed by atoms with Crippen molar-refractivity contribution >= 4 is 17.4 Å². The molecule has 0 radical (unpaired) electrons. The molecule has 1 atom stereocenters. The summed E-state index contributed by atoms with van der Waals surface area (Å²) in [6, 6.07) is 0. The van der Waals surface area contributed by atoms with Crippen LogP contribution in [0.4, 0.5) is 0 Å². The maximum absolute atomic E-state index is 5.64. The summed E-state index contributed by atoms with van der Waals surface area (Å²) in [6.45, 7) is 9.93. The Labute approximate surface area is 142 Å². The second-order valence-electron chi connectivity index (χ2n) is 5.65. The van der Waals surface area contributed by atoms with Crippen molar-refractivity contribution in [2.75, 3.05) is 26.3 Å². The summed E-state index contributed by atoms with van der Waals surface area (Å²) in [5.41, 5.74) is 0. The van der Waals surface area contributed by atoms with Crippen LogP contribution in [-0.2, 0) is 9.47 Å². The van der Waals surface area contributed by atoms with Gasteiger partial charge in [-0.15, -0.1) is 0 Å². The quantitative estimate of drug-likeness (QED) is 0.270. The normalized spacial score (nSPS) is 12.1. The van der Waals surface area contributed by atoms with Crippen LogP contribution >= 0.6 is 12.2 Å². The highest BCUT2D eigenvalue weighted by atomic mass is 32.1. The summed E-state index contributed by atoms with van der Waals surface area (Å²) in [6.07, 6.45) is 9.49. The van der Waals surface area contributed by atoms with Crippen LogP contribution in [0, 0.1) is 0 Å². The van der Waals surface area contributed by atoms with E-state index in [-0.39, 0.29) is 6.23 Å². The monoisotopic (exact) mass is 332 g/mol. The number of thiocarbonyl (C=S) groups is 1. The van der Waals surface area contributed by atoms with E-state index in [1.807, 2.05) is 0 Å². The van der Waals surface area contributed by atoms with Gasteiger partial charge in [0.2, 0.25) is 0 Å². The van der Waals surface area contributed by atoms with Gasteiger partial charge in [-0.25, -0.2) is 0 Å². The van der Waals surface area contributed by atoms with Gasteiger partial charge in [0.05, 0.1) is 6.61 Å². The molecule has 0 aromatic carbocycles. The van der Waals surface area contributed by atoms with Crippen LogP contribution in [0.15, 0.2) is 0 Å². The van der Waals surface area contributed by atoms with Crippen molar-refractivity contribution in [1.29, 1.82) is 0 Å². The summed E-state index contributed by atoms with van der Waals surface area (Å²) >= 11 is 5.10. The van der Waals surface area contributed by atoms with Gasteiger partial charge in [0, 0.05) is 13.2 Å². The lowest BCUT2D eigenvalue weighted by Crippen LogP contribution is -2.30. The fourth-order valence-corrected chi connectivity index (χ4v) is 2.11. The highest BCUT2D eigenvalue weighted by Crippen LogP contribution is 1.99. The first-order valence-electron chi connectivity index (χ1n) is 8.96. The van der Waals surface area contributed by atoms with E-state index in [1.54, 1.807) is 0 Å². The number of rotatable bonds is 15. The summed E-state index contributed by atoms with van der Waals surface area (Å²) < 4.78 is 11.0. The van der Waals surface area contributed by atoms with Crippen LogP contribution in [-0.4, -0.2) is 37.7 Å². The maximum Gasteiger partial charge on any atom is 0.256 e. The summed E-state index contributed by atoms with van der Waals surface area (Å²) in [5, 5.41) is 7.10. The molecule has 0 unspecified atom stereocenters. The Kier molecular flexibility index (Phi) is 16.7. The van der Waals surface area contributed by atoms with Crippen LogP contribution in [0.2, 0.25) is 0 Å². The fourth-order valence-electron chi connectivity index (χ4n) is 1.92. The van der Waals surface area contributed by atoms with Crippen molar-refractivity contribution in [1.82, 2.24) is 10.6 Å². The van der Waals surface area contributed by atoms with Crippen LogP contribution in [0.25, 0.3) is 0 Å². The molecule has 0 bridgehead atoms. The average molecular weight is 333 g/mol. The van der Waals surface area contributed by atoms with E-state index in [4.69, 9.17) is 21.7 Å². The lowest BCUT2D eigenvalue weighted by molar-refractivity contribution is 0.0409. The Morgan fingerprint density at radius 1 is 0.909 bits per heavy atom. The predicted molar refractivity (Wildman–Crippen MR) is 98.3 cm³/mol. The zero-order chi connectivity index (χ0) is 16.5. The smallest absolute Gasteiger partial charge is 0.256 e. The van der Waals surface area contributed by atoms with Crippen molar-refractivity contribution in [3.63, 3.8) is 0 Å². The third-order valence-electron chi connectivity index (χ3n) is 3.40. The Hall–Kier alpha value is -0.390. The summed E-state index contributed by atoms with van der Waals surface area (Å²) in [4.78, 5) is 0. The van der Waals surface area contributed by atoms with E-state index >= 15 is 0 Å². The van der Waals surface area contributed by atoms with Gasteiger partial charge in [-0.2, -0.15) is 0 Å². The molecule has 2 N–H and O–H groups in total. The van der Waals surface area contributed by atoms with E-state index in [9.17, 15) is 0 Å². The highest BCUT2D eigenvalue weighted by molar-refractivity contribution is 7.80. The van der Waals surface area contributed by atoms with E-state index in [0.29, 0.717) is 5.17 Å². The topological polar surface area (TPSA) is 42.5 Å². The molecule has 0 amide bonds. The molecule has 0 aliphatic carbocycles. The average Bonchev–Trinajstić information content (AvgIpc) is 2.50. The zero-order valence-corrected chi connectivity index (χ0v) is 15.6. The molecular formula is C17H36N2O2S. The fraction of sp³-hybridized carbons (Fsp3) is 0.941. The van der Waals surface area contributed by atoms with E-state index in [1.165, 1.54) is 25.7 Å². The molecule has 0 saturated heterocycles. The van der Waals surface area contributed by atoms with Crippen molar-refractivity contribution in [3.05, 3.63) is 0 Å². The molecule has 0 saturated carbocycles. The van der Waals surface area contributed by atoms with Gasteiger partial charge in [0.25, 0.3) is 5.17 Å². The molecule has 4 nitrogen and oxygen atoms in total. The first-order valence-corrected chi connectivity index (χ1v) is 9.37. The Morgan fingerprint density at radius 3 is 2.23 bits per heavy atom. The van der Waals surface area contributed by atoms with Gasteiger partial charge in [0.1, 0.15) is 6.23 Å².